The Morgan fingerprint density at radius 1 is 0.374 bits per heavy atom. The number of nitrogens with zero attached hydrogens (tertiary/aromatic N) is 9. The van der Waals surface area contributed by atoms with Gasteiger partial charge in [-0.3, -0.25) is 38.4 Å². The van der Waals surface area contributed by atoms with E-state index in [2.05, 4.69) is 26.3 Å². The van der Waals surface area contributed by atoms with Crippen molar-refractivity contribution in [3.05, 3.63) is 219 Å². The largest absolute Gasteiger partial charge is 0.478 e. The van der Waals surface area contributed by atoms with E-state index in [1.165, 1.54) is 48.9 Å². The van der Waals surface area contributed by atoms with Crippen LogP contribution < -0.4 is 21.7 Å². The van der Waals surface area contributed by atoms with Crippen molar-refractivity contribution in [2.75, 3.05) is 118 Å². The molecule has 7 N–H and O–H groups in total. The quantitative estimate of drug-likeness (QED) is 0.0555. The normalized spacial score (nSPS) is 13.7. The van der Waals surface area contributed by atoms with Crippen molar-refractivity contribution in [1.82, 2.24) is 60.6 Å². The van der Waals surface area contributed by atoms with E-state index >= 15 is 0 Å². The highest BCUT2D eigenvalue weighted by molar-refractivity contribution is 6.38. The number of alkyl carbamates (subject to hydrolysis) is 2. The Labute approximate surface area is 755 Å². The first-order chi connectivity index (χ1) is 57.8. The van der Waals surface area contributed by atoms with Crippen molar-refractivity contribution < 1.29 is 86.3 Å². The van der Waals surface area contributed by atoms with Gasteiger partial charge in [-0.25, -0.2) is 19.2 Å². The molecule has 6 heterocycles. The van der Waals surface area contributed by atoms with E-state index in [1.54, 1.807) is 118 Å². The minimum absolute atomic E-state index is 0. The number of rotatable bonds is 15. The zero-order valence-electron chi connectivity index (χ0n) is 67.7. The highest BCUT2D eigenvalue weighted by Gasteiger charge is 2.31. The minimum atomic E-state index is -1.09. The Bertz CT molecular complexity index is 4970. The third-order valence-corrected chi connectivity index (χ3v) is 20.1. The number of hydrogen-bond acceptors (Lipinski definition) is 19. The Kier molecular flexibility index (Phi) is 40.5. The number of carbonyl (C=O) groups is 12. The summed E-state index contributed by atoms with van der Waals surface area (Å²) in [7, 11) is 0. The molecule has 0 unspecified atom stereocenters. The Balaban J connectivity index is 0.000000236. The van der Waals surface area contributed by atoms with Gasteiger partial charge in [-0.1, -0.05) is 164 Å². The van der Waals surface area contributed by atoms with Crippen LogP contribution in [0.25, 0.3) is 22.6 Å². The van der Waals surface area contributed by atoms with Crippen LogP contribution in [0, 0.1) is 0 Å². The molecule has 12 rings (SSSR count). The number of carboxylic acid groups (broad SMARTS) is 2. The number of aromatic nitrogens is 2. The van der Waals surface area contributed by atoms with E-state index in [1.807, 2.05) is 60.7 Å². The van der Waals surface area contributed by atoms with Crippen molar-refractivity contribution in [2.24, 2.45) is 5.73 Å². The fourth-order valence-corrected chi connectivity index (χ4v) is 13.1. The summed E-state index contributed by atoms with van der Waals surface area (Å²) in [6.07, 6.45) is 2.11. The molecule has 31 nitrogen and oxygen atoms in total. The van der Waals surface area contributed by atoms with Crippen LogP contribution in [0.4, 0.5) is 9.59 Å². The summed E-state index contributed by atoms with van der Waals surface area (Å²) < 4.78 is 20.3. The predicted octanol–water partition coefficient (Wildman–Crippen LogP) is 14.1. The summed E-state index contributed by atoms with van der Waals surface area (Å²) in [6, 6.07) is 40.0. The lowest BCUT2D eigenvalue weighted by molar-refractivity contribution is -0.132. The van der Waals surface area contributed by atoms with Gasteiger partial charge in [0.05, 0.1) is 55.4 Å². The van der Waals surface area contributed by atoms with Crippen LogP contribution in [0.1, 0.15) is 123 Å². The number of nitrogens with two attached hydrogens (primary N) is 1. The molecule has 0 aliphatic carbocycles. The second-order valence-electron chi connectivity index (χ2n) is 29.0. The van der Waals surface area contributed by atoms with Crippen LogP contribution in [0.15, 0.2) is 155 Å². The van der Waals surface area contributed by atoms with Crippen LogP contribution in [-0.4, -0.2) is 255 Å². The molecule has 2 aromatic heterocycles. The monoisotopic (exact) mass is 1870 g/mol. The van der Waals surface area contributed by atoms with Crippen molar-refractivity contribution in [1.29, 1.82) is 0 Å². The van der Waals surface area contributed by atoms with Gasteiger partial charge in [0, 0.05) is 135 Å². The van der Waals surface area contributed by atoms with Gasteiger partial charge in [0.15, 0.2) is 22.9 Å². The smallest absolute Gasteiger partial charge is 0.408 e. The third kappa shape index (κ3) is 33.3. The number of hydrogen-bond donors (Lipinski definition) is 6. The van der Waals surface area contributed by atoms with Crippen molar-refractivity contribution in [2.45, 2.75) is 72.0 Å². The molecular weight excluding hydrogens is 1790 g/mol. The Hall–Kier alpha value is -10.5. The van der Waals surface area contributed by atoms with E-state index < -0.39 is 41.2 Å². The number of piperidine rings is 1. The lowest BCUT2D eigenvalue weighted by Gasteiger charge is -2.35. The number of nitrogens with one attached hydrogen (secondary N) is 3. The number of amides is 10. The van der Waals surface area contributed by atoms with Crippen LogP contribution in [0.5, 0.6) is 0 Å². The predicted molar refractivity (Wildman–Crippen MR) is 469 cm³/mol. The molecule has 6 aromatic carbocycles. The second kappa shape index (κ2) is 49.1. The summed E-state index contributed by atoms with van der Waals surface area (Å²) in [4.78, 5) is 153. The second-order valence-corrected chi connectivity index (χ2v) is 32.4. The maximum Gasteiger partial charge on any atom is 0.408 e. The Morgan fingerprint density at radius 3 is 0.976 bits per heavy atom. The maximum absolute atomic E-state index is 12.7. The van der Waals surface area contributed by atoms with Gasteiger partial charge in [-0.15, -0.1) is 12.4 Å². The summed E-state index contributed by atoms with van der Waals surface area (Å²) in [6.45, 7) is 16.7. The SMILES string of the molecule is CC(C)(C)OC(=O)NCC(=O)N1CCCCC1.CC(C)(C)OC(=O)NCC(=O)N1CCN(C(=O)c2cc(Cl)ccc2Cl)CC1.Cl.NCC(=O)N1CCN(C(=O)c2cc(Cl)ccc2Cl)CC1.O=C(NCC(=O)N1CCN(C(=O)c2cc(Cl)ccc2Cl)CC1)c1cc(-c2ccccc2)on1.O=C(O)c1cc(-c2ccccc2)on1.O=C(O)c1cc(Cl)ccc1Cl. The molecule has 8 aromatic rings. The molecule has 0 spiro atoms. The number of carbonyl (C=O) groups excluding carboxylic acids is 10. The van der Waals surface area contributed by atoms with Crippen molar-refractivity contribution in [3.8, 4) is 22.6 Å². The molecule has 4 fully saturated rings. The molecular formula is C83H92Cl9N13O18. The van der Waals surface area contributed by atoms with Gasteiger partial charge in [0.2, 0.25) is 23.6 Å². The van der Waals surface area contributed by atoms with Crippen molar-refractivity contribution >= 4 is 177 Å². The Morgan fingerprint density at radius 2 is 0.667 bits per heavy atom. The molecule has 40 heteroatoms. The first kappa shape index (κ1) is 101. The number of carboxylic acids is 2. The minimum Gasteiger partial charge on any atom is -0.478 e. The lowest BCUT2D eigenvalue weighted by atomic mass is 10.1. The third-order valence-electron chi connectivity index (χ3n) is 17.8. The number of ether oxygens (including phenoxy) is 2. The maximum atomic E-state index is 12.7. The molecule has 0 saturated carbocycles. The van der Waals surface area contributed by atoms with E-state index in [9.17, 15) is 57.5 Å². The molecule has 4 saturated heterocycles. The van der Waals surface area contributed by atoms with Gasteiger partial charge in [-0.05, 0) is 134 Å². The van der Waals surface area contributed by atoms with Gasteiger partial charge < -0.3 is 84.7 Å². The molecule has 0 radical (unpaired) electrons. The van der Waals surface area contributed by atoms with Crippen LogP contribution in [0.2, 0.25) is 40.2 Å². The molecule has 10 amide bonds. The molecule has 4 aliphatic heterocycles. The zero-order chi connectivity index (χ0) is 89.5. The molecule has 660 valence electrons. The highest BCUT2D eigenvalue weighted by Crippen LogP contribution is 2.28. The number of aromatic carboxylic acids is 2. The molecule has 0 bridgehead atoms. The lowest BCUT2D eigenvalue weighted by Crippen LogP contribution is -2.52. The summed E-state index contributed by atoms with van der Waals surface area (Å²) >= 11 is 47.1. The van der Waals surface area contributed by atoms with E-state index in [0.29, 0.717) is 142 Å². The summed E-state index contributed by atoms with van der Waals surface area (Å²) in [5.41, 5.74) is 6.88. The first-order valence-corrected chi connectivity index (χ1v) is 41.0. The van der Waals surface area contributed by atoms with Gasteiger partial charge in [-0.2, -0.15) is 0 Å². The topological polar surface area (TPSA) is 401 Å². The number of benzene rings is 6. The fraction of sp³-hybridized carbons (Fsp3) is 0.349. The molecule has 0 atom stereocenters. The van der Waals surface area contributed by atoms with Crippen LogP contribution in [0.3, 0.4) is 0 Å². The average Bonchev–Trinajstić information content (AvgIpc) is 1.71. The number of piperazine rings is 3. The van der Waals surface area contributed by atoms with Gasteiger partial charge in [0.1, 0.15) is 24.3 Å². The summed E-state index contributed by atoms with van der Waals surface area (Å²) in [5.74, 6) is -2.96. The highest BCUT2D eigenvalue weighted by atomic mass is 35.5. The molecule has 123 heavy (non-hydrogen) atoms. The number of likely N-dealkylation sites (tertiary alicyclic amines) is 1. The van der Waals surface area contributed by atoms with Crippen molar-refractivity contribution in [3.63, 3.8) is 0 Å². The molecule has 4 aliphatic rings. The van der Waals surface area contributed by atoms with E-state index in [0.717, 1.165) is 37.1 Å². The van der Waals surface area contributed by atoms with E-state index in [4.69, 9.17) is 127 Å². The zero-order valence-corrected chi connectivity index (χ0v) is 74.5. The van der Waals surface area contributed by atoms with E-state index in [-0.39, 0.29) is 102 Å². The van der Waals surface area contributed by atoms with Crippen LogP contribution in [-0.2, 0) is 28.7 Å². The summed E-state index contributed by atoms with van der Waals surface area (Å²) in [5, 5.41) is 34.8. The first-order valence-electron chi connectivity index (χ1n) is 38.0. The van der Waals surface area contributed by atoms with Gasteiger partial charge in [0.25, 0.3) is 23.6 Å². The van der Waals surface area contributed by atoms with Gasteiger partial charge >= 0.3 is 24.1 Å². The standard InChI is InChI=1S/C23H20Cl2N4O4.C18H23Cl2N3O4.C13H15Cl2N3O2.C12H22N2O3.C10H7NO3.C7H4Cl2O2.ClH/c24-16-6-7-18(25)17(12-16)23(32)29-10-8-28(9-11-29)21(30)14-26-22(31)19-13-20(33-27-19)15-4-2-1-3-5-15;1-18(2,3)27-17(26)21-11-15(24)22-6-8-23(9-7-22)16(25)13-10-12(19)4-5-14(13)20;14-9-1-2-11(15)10(7-9)13(20)18-5-3-17(4-6-18)12(19)8-16;1-12(2,3)17-11(16)13-9-10(15)14-7-5-4-6-8-14;12-10(13)8-6-9(14-11-8)7-4-2-1-3-5-7;8-4-1-2-6(9)5(3-4)7(10)11;/h1-7,12-13H,8-11,14H2,(H,26,31);4-5,10H,6-9,11H2,1-3H3,(H,21,26);1-2,7H,3-6,8,16H2;4-9H2,1-3H3,(H,13,16);1-6H,(H,12,13);1-3H,(H,10,11);1H. The fourth-order valence-electron chi connectivity index (χ4n) is 11.6. The van der Waals surface area contributed by atoms with Crippen LogP contribution >= 0.6 is 105 Å². The number of halogens is 9. The average molecular weight is 1880 g/mol.